The molecule has 0 bridgehead atoms. The van der Waals surface area contributed by atoms with Crippen molar-refractivity contribution in [2.45, 2.75) is 10.9 Å². The lowest BCUT2D eigenvalue weighted by Crippen LogP contribution is -2.13. The van der Waals surface area contributed by atoms with Gasteiger partial charge in [-0.25, -0.2) is 14.5 Å². The zero-order valence-corrected chi connectivity index (χ0v) is 10.5. The molecule has 7 heteroatoms. The van der Waals surface area contributed by atoms with Gasteiger partial charge in [0.05, 0.1) is 17.5 Å². The van der Waals surface area contributed by atoms with Crippen molar-refractivity contribution in [1.82, 2.24) is 24.1 Å². The van der Waals surface area contributed by atoms with E-state index in [1.807, 2.05) is 35.0 Å². The summed E-state index contributed by atoms with van der Waals surface area (Å²) >= 11 is 1.54. The maximum atomic E-state index is 11.2. The average Bonchev–Trinajstić information content (AvgIpc) is 2.92. The van der Waals surface area contributed by atoms with Crippen molar-refractivity contribution in [2.24, 2.45) is 7.05 Å². The summed E-state index contributed by atoms with van der Waals surface area (Å²) in [6.07, 6.45) is 3.79. The Bertz CT molecular complexity index is 741. The van der Waals surface area contributed by atoms with Crippen molar-refractivity contribution >= 4 is 17.3 Å². The van der Waals surface area contributed by atoms with E-state index >= 15 is 0 Å². The number of pyridine rings is 1. The highest BCUT2D eigenvalue weighted by Crippen LogP contribution is 2.20. The lowest BCUT2D eigenvalue weighted by atomic mass is 10.4. The standard InChI is InChI=1S/C11H11N5OS/c1-15-10(17)13-9(14-15)7-18-11-12-6-8-4-2-3-5-16(8)11/h2-6H,7H2,1H3,(H,13,14,17). The second-order valence-corrected chi connectivity index (χ2v) is 4.77. The molecule has 0 aliphatic rings. The number of fused-ring (bicyclic) bond motifs is 1. The van der Waals surface area contributed by atoms with Crippen LogP contribution in [0.2, 0.25) is 0 Å². The molecule has 6 nitrogen and oxygen atoms in total. The van der Waals surface area contributed by atoms with E-state index in [1.54, 1.807) is 7.05 Å². The Morgan fingerprint density at radius 2 is 2.33 bits per heavy atom. The van der Waals surface area contributed by atoms with Gasteiger partial charge in [-0.3, -0.25) is 9.38 Å². The van der Waals surface area contributed by atoms with Gasteiger partial charge in [-0.2, -0.15) is 5.10 Å². The number of nitrogens with zero attached hydrogens (tertiary/aromatic N) is 4. The van der Waals surface area contributed by atoms with Crippen LogP contribution in [0.3, 0.4) is 0 Å². The maximum absolute atomic E-state index is 11.2. The van der Waals surface area contributed by atoms with E-state index in [-0.39, 0.29) is 5.69 Å². The lowest BCUT2D eigenvalue weighted by molar-refractivity contribution is 0.726. The number of thioether (sulfide) groups is 1. The molecule has 3 heterocycles. The summed E-state index contributed by atoms with van der Waals surface area (Å²) in [5.41, 5.74) is 0.855. The maximum Gasteiger partial charge on any atom is 0.343 e. The molecule has 0 atom stereocenters. The van der Waals surface area contributed by atoms with Crippen LogP contribution in [0.15, 0.2) is 40.5 Å². The third-order valence-electron chi connectivity index (χ3n) is 2.56. The van der Waals surface area contributed by atoms with Crippen LogP contribution >= 0.6 is 11.8 Å². The Kier molecular flexibility index (Phi) is 2.67. The van der Waals surface area contributed by atoms with Gasteiger partial charge in [-0.1, -0.05) is 17.8 Å². The van der Waals surface area contributed by atoms with Crippen LogP contribution in [0, 0.1) is 0 Å². The first-order valence-corrected chi connectivity index (χ1v) is 6.40. The number of hydrogen-bond donors (Lipinski definition) is 1. The molecule has 3 aromatic heterocycles. The number of nitrogens with one attached hydrogen (secondary N) is 1. The van der Waals surface area contributed by atoms with Crippen LogP contribution in [-0.4, -0.2) is 24.1 Å². The molecule has 0 saturated carbocycles. The molecular weight excluding hydrogens is 250 g/mol. The first-order chi connectivity index (χ1) is 8.74. The highest BCUT2D eigenvalue weighted by Gasteiger charge is 2.06. The number of rotatable bonds is 3. The largest absolute Gasteiger partial charge is 0.343 e. The highest BCUT2D eigenvalue weighted by atomic mass is 32.2. The minimum absolute atomic E-state index is 0.196. The molecule has 0 radical (unpaired) electrons. The minimum Gasteiger partial charge on any atom is -0.295 e. The normalized spacial score (nSPS) is 11.2. The molecule has 92 valence electrons. The molecule has 3 aromatic rings. The zero-order chi connectivity index (χ0) is 12.5. The number of aryl methyl sites for hydroxylation is 1. The third kappa shape index (κ3) is 1.92. The smallest absolute Gasteiger partial charge is 0.295 e. The fourth-order valence-corrected chi connectivity index (χ4v) is 2.51. The molecule has 0 spiro atoms. The summed E-state index contributed by atoms with van der Waals surface area (Å²) in [5, 5.41) is 4.97. The molecule has 0 amide bonds. The molecule has 0 fully saturated rings. The minimum atomic E-state index is -0.196. The zero-order valence-electron chi connectivity index (χ0n) is 9.70. The van der Waals surface area contributed by atoms with Crippen LogP contribution in [0.5, 0.6) is 0 Å². The summed E-state index contributed by atoms with van der Waals surface area (Å²) in [5.74, 6) is 1.24. The Balaban J connectivity index is 1.83. The van der Waals surface area contributed by atoms with Crippen molar-refractivity contribution in [1.29, 1.82) is 0 Å². The van der Waals surface area contributed by atoms with Crippen molar-refractivity contribution in [3.8, 4) is 0 Å². The lowest BCUT2D eigenvalue weighted by Gasteiger charge is -1.98. The number of hydrogen-bond acceptors (Lipinski definition) is 4. The second kappa shape index (κ2) is 4.34. The molecule has 0 aromatic carbocycles. The molecule has 18 heavy (non-hydrogen) atoms. The number of aromatic amines is 1. The van der Waals surface area contributed by atoms with E-state index < -0.39 is 0 Å². The van der Waals surface area contributed by atoms with Gasteiger partial charge < -0.3 is 0 Å². The number of aromatic nitrogens is 5. The number of H-pyrrole nitrogens is 1. The molecule has 0 unspecified atom stereocenters. The first kappa shape index (κ1) is 11.1. The van der Waals surface area contributed by atoms with Gasteiger partial charge in [-0.15, -0.1) is 0 Å². The summed E-state index contributed by atoms with van der Waals surface area (Å²) in [4.78, 5) is 18.3. The van der Waals surface area contributed by atoms with Crippen LogP contribution in [0.4, 0.5) is 0 Å². The fourth-order valence-electron chi connectivity index (χ4n) is 1.68. The third-order valence-corrected chi connectivity index (χ3v) is 3.54. The topological polar surface area (TPSA) is 68.0 Å². The van der Waals surface area contributed by atoms with E-state index in [9.17, 15) is 4.79 Å². The molecule has 0 aliphatic heterocycles. The quantitative estimate of drug-likeness (QED) is 0.715. The summed E-state index contributed by atoms with van der Waals surface area (Å²) in [7, 11) is 1.62. The highest BCUT2D eigenvalue weighted by molar-refractivity contribution is 7.98. The van der Waals surface area contributed by atoms with Gasteiger partial charge in [0.1, 0.15) is 5.82 Å². The van der Waals surface area contributed by atoms with Crippen molar-refractivity contribution in [3.05, 3.63) is 46.9 Å². The summed E-state index contributed by atoms with van der Waals surface area (Å²) < 4.78 is 3.30. The molecule has 3 rings (SSSR count). The van der Waals surface area contributed by atoms with Gasteiger partial charge >= 0.3 is 5.69 Å². The second-order valence-electron chi connectivity index (χ2n) is 3.83. The molecular formula is C11H11N5OS. The van der Waals surface area contributed by atoms with Gasteiger partial charge in [0.2, 0.25) is 0 Å². The Morgan fingerprint density at radius 3 is 3.11 bits per heavy atom. The monoisotopic (exact) mass is 261 g/mol. The predicted octanol–water partition coefficient (Wildman–Crippen LogP) is 1.05. The SMILES string of the molecule is Cn1nc(CSc2ncc3ccccn23)[nH]c1=O. The van der Waals surface area contributed by atoms with E-state index in [0.717, 1.165) is 10.7 Å². The Morgan fingerprint density at radius 1 is 1.44 bits per heavy atom. The van der Waals surface area contributed by atoms with Gasteiger partial charge in [0, 0.05) is 13.2 Å². The number of imidazole rings is 1. The molecule has 0 saturated heterocycles. The van der Waals surface area contributed by atoms with E-state index in [2.05, 4.69) is 15.1 Å². The van der Waals surface area contributed by atoms with Gasteiger partial charge in [-0.05, 0) is 12.1 Å². The van der Waals surface area contributed by atoms with Crippen molar-refractivity contribution in [2.75, 3.05) is 0 Å². The predicted molar refractivity (Wildman–Crippen MR) is 68.6 cm³/mol. The summed E-state index contributed by atoms with van der Waals surface area (Å²) in [6, 6.07) is 5.93. The van der Waals surface area contributed by atoms with E-state index in [0.29, 0.717) is 11.6 Å². The van der Waals surface area contributed by atoms with E-state index in [1.165, 1.54) is 16.4 Å². The van der Waals surface area contributed by atoms with Gasteiger partial charge in [0.15, 0.2) is 5.16 Å². The van der Waals surface area contributed by atoms with Crippen LogP contribution in [-0.2, 0) is 12.8 Å². The molecule has 0 aliphatic carbocycles. The Hall–Kier alpha value is -2.02. The fraction of sp³-hybridized carbons (Fsp3) is 0.182. The van der Waals surface area contributed by atoms with Crippen molar-refractivity contribution < 1.29 is 0 Å². The van der Waals surface area contributed by atoms with Crippen LogP contribution in [0.25, 0.3) is 5.52 Å². The van der Waals surface area contributed by atoms with Crippen molar-refractivity contribution in [3.63, 3.8) is 0 Å². The van der Waals surface area contributed by atoms with Gasteiger partial charge in [0.25, 0.3) is 0 Å². The summed E-state index contributed by atoms with van der Waals surface area (Å²) in [6.45, 7) is 0. The van der Waals surface area contributed by atoms with Crippen LogP contribution in [0.1, 0.15) is 5.82 Å². The average molecular weight is 261 g/mol. The Labute approximate surface area is 107 Å². The molecule has 1 N–H and O–H groups in total. The van der Waals surface area contributed by atoms with E-state index in [4.69, 9.17) is 0 Å². The first-order valence-electron chi connectivity index (χ1n) is 5.41. The van der Waals surface area contributed by atoms with Crippen LogP contribution < -0.4 is 5.69 Å².